The molecule has 2 nitrogen and oxygen atoms in total. The summed E-state index contributed by atoms with van der Waals surface area (Å²) in [6.07, 6.45) is 8.20. The molecule has 0 spiro atoms. The molecule has 2 rings (SSSR count). The average Bonchev–Trinajstić information content (AvgIpc) is 2.86. The van der Waals surface area contributed by atoms with Gasteiger partial charge < -0.3 is 4.74 Å². The van der Waals surface area contributed by atoms with E-state index in [1.165, 1.54) is 25.7 Å². The minimum atomic E-state index is 0.218. The zero-order valence-corrected chi connectivity index (χ0v) is 9.71. The van der Waals surface area contributed by atoms with Crippen molar-refractivity contribution < 1.29 is 9.53 Å². The van der Waals surface area contributed by atoms with Crippen molar-refractivity contribution in [2.24, 2.45) is 11.8 Å². The van der Waals surface area contributed by atoms with E-state index in [4.69, 9.17) is 4.74 Å². The summed E-state index contributed by atoms with van der Waals surface area (Å²) >= 11 is 0. The average molecular weight is 210 g/mol. The quantitative estimate of drug-likeness (QED) is 0.713. The van der Waals surface area contributed by atoms with Crippen molar-refractivity contribution >= 4 is 5.78 Å². The lowest BCUT2D eigenvalue weighted by Gasteiger charge is -2.17. The number of Topliss-reactive ketones (excluding diaryl/α,β-unsaturated/α-hetero) is 1. The molecule has 2 atom stereocenters. The maximum Gasteiger partial charge on any atom is 0.138 e. The van der Waals surface area contributed by atoms with Gasteiger partial charge in [-0.25, -0.2) is 0 Å². The Labute approximate surface area is 92.4 Å². The van der Waals surface area contributed by atoms with Crippen LogP contribution in [0.5, 0.6) is 0 Å². The number of hydrogen-bond donors (Lipinski definition) is 0. The van der Waals surface area contributed by atoms with Crippen LogP contribution < -0.4 is 0 Å². The van der Waals surface area contributed by atoms with Gasteiger partial charge in [0.15, 0.2) is 0 Å². The Hall–Kier alpha value is -0.370. The molecule has 15 heavy (non-hydrogen) atoms. The normalized spacial score (nSPS) is 32.3. The van der Waals surface area contributed by atoms with E-state index in [0.717, 1.165) is 25.9 Å². The van der Waals surface area contributed by atoms with Gasteiger partial charge in [-0.15, -0.1) is 0 Å². The highest BCUT2D eigenvalue weighted by Crippen LogP contribution is 2.32. The van der Waals surface area contributed by atoms with Gasteiger partial charge in [0.1, 0.15) is 5.78 Å². The minimum Gasteiger partial charge on any atom is -0.377 e. The molecule has 0 amide bonds. The predicted molar refractivity (Wildman–Crippen MR) is 59.7 cm³/mol. The van der Waals surface area contributed by atoms with E-state index >= 15 is 0 Å². The number of carbonyl (C=O) groups excluding carboxylic acids is 1. The zero-order valence-electron chi connectivity index (χ0n) is 9.71. The van der Waals surface area contributed by atoms with E-state index in [1.54, 1.807) is 0 Å². The van der Waals surface area contributed by atoms with Crippen molar-refractivity contribution in [1.82, 2.24) is 0 Å². The molecule has 0 aromatic heterocycles. The van der Waals surface area contributed by atoms with Gasteiger partial charge in [-0.2, -0.15) is 0 Å². The Morgan fingerprint density at radius 3 is 2.67 bits per heavy atom. The molecule has 0 N–H and O–H groups in total. The third-order valence-electron chi connectivity index (χ3n) is 3.99. The fraction of sp³-hybridized carbons (Fsp3) is 0.923. The molecule has 0 radical (unpaired) electrons. The molecule has 1 aliphatic carbocycles. The van der Waals surface area contributed by atoms with Crippen LogP contribution in [0, 0.1) is 11.8 Å². The van der Waals surface area contributed by atoms with Crippen LogP contribution in [0.15, 0.2) is 0 Å². The molecule has 1 heterocycles. The Morgan fingerprint density at radius 1 is 1.27 bits per heavy atom. The van der Waals surface area contributed by atoms with Crippen LogP contribution in [-0.4, -0.2) is 18.5 Å². The van der Waals surface area contributed by atoms with Gasteiger partial charge in [0.25, 0.3) is 0 Å². The van der Waals surface area contributed by atoms with Gasteiger partial charge in [-0.3, -0.25) is 4.79 Å². The second-order valence-corrected chi connectivity index (χ2v) is 5.03. The van der Waals surface area contributed by atoms with Crippen LogP contribution in [0.3, 0.4) is 0 Å². The molecule has 0 aromatic carbocycles. The van der Waals surface area contributed by atoms with E-state index in [2.05, 4.69) is 6.92 Å². The molecule has 2 fully saturated rings. The molecule has 2 heteroatoms. The summed E-state index contributed by atoms with van der Waals surface area (Å²) in [6.45, 7) is 2.91. The molecule has 2 aliphatic rings. The van der Waals surface area contributed by atoms with E-state index in [1.807, 2.05) is 0 Å². The van der Waals surface area contributed by atoms with Crippen molar-refractivity contribution in [3.8, 4) is 0 Å². The van der Waals surface area contributed by atoms with Crippen LogP contribution in [0.25, 0.3) is 0 Å². The lowest BCUT2D eigenvalue weighted by atomic mass is 9.88. The number of rotatable bonds is 4. The van der Waals surface area contributed by atoms with Gasteiger partial charge in [0.2, 0.25) is 0 Å². The topological polar surface area (TPSA) is 26.3 Å². The molecule has 1 saturated carbocycles. The van der Waals surface area contributed by atoms with Crippen molar-refractivity contribution in [3.63, 3.8) is 0 Å². The second-order valence-electron chi connectivity index (χ2n) is 5.03. The molecule has 2 unspecified atom stereocenters. The largest absolute Gasteiger partial charge is 0.377 e. The van der Waals surface area contributed by atoms with E-state index < -0.39 is 0 Å². The van der Waals surface area contributed by atoms with Gasteiger partial charge in [0, 0.05) is 18.9 Å². The molecule has 0 aromatic rings. The number of hydrogen-bond acceptors (Lipinski definition) is 2. The molecule has 0 bridgehead atoms. The summed E-state index contributed by atoms with van der Waals surface area (Å²) in [6, 6.07) is 0. The molecule has 1 saturated heterocycles. The molecular formula is C13H22O2. The second kappa shape index (κ2) is 5.11. The van der Waals surface area contributed by atoms with Crippen molar-refractivity contribution in [3.05, 3.63) is 0 Å². The van der Waals surface area contributed by atoms with Crippen molar-refractivity contribution in [2.75, 3.05) is 6.61 Å². The summed E-state index contributed by atoms with van der Waals surface area (Å²) in [5.41, 5.74) is 0. The van der Waals surface area contributed by atoms with E-state index in [9.17, 15) is 4.79 Å². The highest BCUT2D eigenvalue weighted by Gasteiger charge is 2.33. The van der Waals surface area contributed by atoms with Gasteiger partial charge in [-0.1, -0.05) is 32.6 Å². The summed E-state index contributed by atoms with van der Waals surface area (Å²) in [5.74, 6) is 1.39. The van der Waals surface area contributed by atoms with E-state index in [-0.39, 0.29) is 12.0 Å². The highest BCUT2D eigenvalue weighted by atomic mass is 16.5. The zero-order chi connectivity index (χ0) is 10.7. The first-order chi connectivity index (χ1) is 7.31. The number of carbonyl (C=O) groups is 1. The smallest absolute Gasteiger partial charge is 0.138 e. The van der Waals surface area contributed by atoms with Crippen LogP contribution in [-0.2, 0) is 9.53 Å². The number of ketones is 1. The number of ether oxygens (including phenoxy) is 1. The Balaban J connectivity index is 1.83. The predicted octanol–water partition coefficient (Wildman–Crippen LogP) is 2.95. The monoisotopic (exact) mass is 210 g/mol. The first-order valence-electron chi connectivity index (χ1n) is 6.45. The summed E-state index contributed by atoms with van der Waals surface area (Å²) < 4.78 is 5.58. The first-order valence-corrected chi connectivity index (χ1v) is 6.45. The fourth-order valence-electron chi connectivity index (χ4n) is 3.07. The highest BCUT2D eigenvalue weighted by molar-refractivity contribution is 5.82. The maximum atomic E-state index is 12.1. The van der Waals surface area contributed by atoms with Crippen LogP contribution in [0.1, 0.15) is 51.9 Å². The third-order valence-corrected chi connectivity index (χ3v) is 3.99. The fourth-order valence-corrected chi connectivity index (χ4v) is 3.07. The van der Waals surface area contributed by atoms with Crippen molar-refractivity contribution in [1.29, 1.82) is 0 Å². The van der Waals surface area contributed by atoms with E-state index in [0.29, 0.717) is 11.7 Å². The maximum absolute atomic E-state index is 12.1. The lowest BCUT2D eigenvalue weighted by molar-refractivity contribution is -0.125. The van der Waals surface area contributed by atoms with Crippen LogP contribution >= 0.6 is 0 Å². The molecular weight excluding hydrogens is 188 g/mol. The van der Waals surface area contributed by atoms with Crippen LogP contribution in [0.4, 0.5) is 0 Å². The first kappa shape index (κ1) is 11.1. The standard InChI is InChI=1S/C13H22O2/c1-2-13-11(7-8-15-13)12(14)9-10-5-3-4-6-10/h10-11,13H,2-9H2,1H3. The van der Waals surface area contributed by atoms with Crippen LogP contribution in [0.2, 0.25) is 0 Å². The summed E-state index contributed by atoms with van der Waals surface area (Å²) in [7, 11) is 0. The Bertz CT molecular complexity index is 219. The Morgan fingerprint density at radius 2 is 2.00 bits per heavy atom. The van der Waals surface area contributed by atoms with Gasteiger partial charge >= 0.3 is 0 Å². The van der Waals surface area contributed by atoms with Gasteiger partial charge in [0.05, 0.1) is 6.10 Å². The summed E-state index contributed by atoms with van der Waals surface area (Å²) in [4.78, 5) is 12.1. The third kappa shape index (κ3) is 2.60. The van der Waals surface area contributed by atoms with Crippen molar-refractivity contribution in [2.45, 2.75) is 58.0 Å². The SMILES string of the molecule is CCC1OCCC1C(=O)CC1CCCC1. The minimum absolute atomic E-state index is 0.218. The molecule has 1 aliphatic heterocycles. The van der Waals surface area contributed by atoms with Gasteiger partial charge in [-0.05, 0) is 18.8 Å². The summed E-state index contributed by atoms with van der Waals surface area (Å²) in [5, 5.41) is 0. The molecule has 86 valence electrons. The lowest BCUT2D eigenvalue weighted by Crippen LogP contribution is -2.25. The Kier molecular flexibility index (Phi) is 3.79.